The van der Waals surface area contributed by atoms with E-state index in [2.05, 4.69) is 34.6 Å². The highest BCUT2D eigenvalue weighted by Crippen LogP contribution is 2.20. The number of thioether (sulfide) groups is 1. The van der Waals surface area contributed by atoms with E-state index in [0.29, 0.717) is 17.3 Å². The second-order valence-electron chi connectivity index (χ2n) is 5.94. The highest BCUT2D eigenvalue weighted by molar-refractivity contribution is 7.99. The third-order valence-corrected chi connectivity index (χ3v) is 6.70. The van der Waals surface area contributed by atoms with E-state index in [9.17, 15) is 8.42 Å². The van der Waals surface area contributed by atoms with Crippen molar-refractivity contribution in [2.75, 3.05) is 25.6 Å². The van der Waals surface area contributed by atoms with E-state index in [1.54, 1.807) is 18.8 Å². The molecule has 0 aliphatic rings. The molecule has 1 aromatic heterocycles. The summed E-state index contributed by atoms with van der Waals surface area (Å²) >= 11 is 1.46. The Morgan fingerprint density at radius 3 is 2.52 bits per heavy atom. The predicted molar refractivity (Wildman–Crippen MR) is 101 cm³/mol. The van der Waals surface area contributed by atoms with Gasteiger partial charge in [0, 0.05) is 19.8 Å². The zero-order chi connectivity index (χ0) is 18.3. The summed E-state index contributed by atoms with van der Waals surface area (Å²) in [5.74, 6) is 0.767. The Bertz CT molecular complexity index is 757. The van der Waals surface area contributed by atoms with Crippen LogP contribution >= 0.6 is 11.8 Å². The highest BCUT2D eigenvalue weighted by atomic mass is 32.2. The number of unbranched alkanes of at least 4 members (excludes halogenated alkanes) is 1. The number of benzene rings is 1. The van der Waals surface area contributed by atoms with Crippen LogP contribution in [0.25, 0.3) is 5.69 Å². The third-order valence-electron chi connectivity index (χ3n) is 3.77. The Morgan fingerprint density at radius 1 is 1.16 bits per heavy atom. The van der Waals surface area contributed by atoms with Crippen LogP contribution in [0.15, 0.2) is 29.4 Å². The van der Waals surface area contributed by atoms with Gasteiger partial charge < -0.3 is 0 Å². The molecule has 2 aromatic rings. The average molecular weight is 384 g/mol. The number of hydrogen-bond acceptors (Lipinski definition) is 6. The summed E-state index contributed by atoms with van der Waals surface area (Å²) in [6.07, 6.45) is 3.99. The fraction of sp³-hybridized carbons (Fsp3) is 0.562. The van der Waals surface area contributed by atoms with Crippen LogP contribution in [0.1, 0.15) is 31.7 Å². The molecule has 0 unspecified atom stereocenters. The Balaban J connectivity index is 1.94. The number of tetrazole rings is 1. The first-order valence-electron chi connectivity index (χ1n) is 8.34. The van der Waals surface area contributed by atoms with Gasteiger partial charge in [-0.25, -0.2) is 12.7 Å². The van der Waals surface area contributed by atoms with Crippen molar-refractivity contribution in [3.05, 3.63) is 29.8 Å². The topological polar surface area (TPSA) is 81.0 Å². The molecular weight excluding hydrogens is 358 g/mol. The van der Waals surface area contributed by atoms with Gasteiger partial charge in [0.15, 0.2) is 0 Å². The van der Waals surface area contributed by atoms with Crippen LogP contribution in [-0.4, -0.2) is 58.5 Å². The second kappa shape index (κ2) is 9.30. The molecule has 1 heterocycles. The van der Waals surface area contributed by atoms with Crippen LogP contribution in [0.4, 0.5) is 0 Å². The lowest BCUT2D eigenvalue weighted by Gasteiger charge is -2.10. The standard InChI is InChI=1S/C16H25N5O2S2/c1-4-5-7-14-8-10-15(11-9-14)21-16(17-18-19-21)24-12-6-13-25(22,23)20(2)3/h8-11H,4-7,12-13H2,1-3H3. The van der Waals surface area contributed by atoms with Crippen LogP contribution < -0.4 is 0 Å². The monoisotopic (exact) mass is 383 g/mol. The molecular formula is C16H25N5O2S2. The van der Waals surface area contributed by atoms with Crippen molar-refractivity contribution in [3.63, 3.8) is 0 Å². The summed E-state index contributed by atoms with van der Waals surface area (Å²) in [7, 11) is -0.0549. The van der Waals surface area contributed by atoms with Crippen molar-refractivity contribution in [1.29, 1.82) is 0 Å². The summed E-state index contributed by atoms with van der Waals surface area (Å²) in [5, 5.41) is 12.5. The van der Waals surface area contributed by atoms with Gasteiger partial charge in [-0.15, -0.1) is 5.10 Å². The number of aryl methyl sites for hydroxylation is 1. The molecule has 0 bridgehead atoms. The summed E-state index contributed by atoms with van der Waals surface area (Å²) in [4.78, 5) is 0. The van der Waals surface area contributed by atoms with Gasteiger partial charge in [0.05, 0.1) is 11.4 Å². The molecule has 0 aliphatic heterocycles. The molecule has 0 spiro atoms. The Hall–Kier alpha value is -1.45. The Morgan fingerprint density at radius 2 is 1.88 bits per heavy atom. The molecule has 0 amide bonds. The quantitative estimate of drug-likeness (QED) is 0.463. The molecule has 2 rings (SSSR count). The van der Waals surface area contributed by atoms with E-state index in [1.807, 2.05) is 12.1 Å². The molecule has 0 atom stereocenters. The van der Waals surface area contributed by atoms with Crippen molar-refractivity contribution in [2.45, 2.75) is 37.8 Å². The van der Waals surface area contributed by atoms with E-state index < -0.39 is 10.0 Å². The molecule has 1 aromatic carbocycles. The van der Waals surface area contributed by atoms with Gasteiger partial charge >= 0.3 is 0 Å². The van der Waals surface area contributed by atoms with E-state index in [0.717, 1.165) is 12.1 Å². The number of hydrogen-bond donors (Lipinski definition) is 0. The first-order valence-corrected chi connectivity index (χ1v) is 10.9. The predicted octanol–water partition coefficient (Wildman–Crippen LogP) is 2.38. The fourth-order valence-electron chi connectivity index (χ4n) is 2.20. The lowest BCUT2D eigenvalue weighted by atomic mass is 10.1. The molecule has 0 radical (unpaired) electrons. The molecule has 0 N–H and O–H groups in total. The van der Waals surface area contributed by atoms with Crippen LogP contribution in [0.5, 0.6) is 0 Å². The maximum atomic E-state index is 11.8. The summed E-state index contributed by atoms with van der Waals surface area (Å²) in [6.45, 7) is 2.18. The van der Waals surface area contributed by atoms with Crippen molar-refractivity contribution in [3.8, 4) is 5.69 Å². The van der Waals surface area contributed by atoms with Crippen LogP contribution in [-0.2, 0) is 16.4 Å². The molecule has 25 heavy (non-hydrogen) atoms. The molecule has 0 aliphatic carbocycles. The third kappa shape index (κ3) is 5.79. The molecule has 0 saturated carbocycles. The van der Waals surface area contributed by atoms with Gasteiger partial charge in [-0.1, -0.05) is 37.2 Å². The van der Waals surface area contributed by atoms with Crippen molar-refractivity contribution >= 4 is 21.8 Å². The Kier molecular flexibility index (Phi) is 7.39. The van der Waals surface area contributed by atoms with E-state index >= 15 is 0 Å². The minimum atomic E-state index is -3.15. The average Bonchev–Trinajstić information content (AvgIpc) is 3.05. The van der Waals surface area contributed by atoms with Gasteiger partial charge in [0.1, 0.15) is 0 Å². The minimum absolute atomic E-state index is 0.126. The van der Waals surface area contributed by atoms with Gasteiger partial charge in [0.25, 0.3) is 0 Å². The summed E-state index contributed by atoms with van der Waals surface area (Å²) in [6, 6.07) is 8.24. The summed E-state index contributed by atoms with van der Waals surface area (Å²) < 4.78 is 26.5. The van der Waals surface area contributed by atoms with Gasteiger partial charge in [-0.3, -0.25) is 0 Å². The lowest BCUT2D eigenvalue weighted by Crippen LogP contribution is -2.25. The van der Waals surface area contributed by atoms with Crippen molar-refractivity contribution in [1.82, 2.24) is 24.5 Å². The highest BCUT2D eigenvalue weighted by Gasteiger charge is 2.14. The zero-order valence-corrected chi connectivity index (χ0v) is 16.6. The molecule has 7 nitrogen and oxygen atoms in total. The van der Waals surface area contributed by atoms with Crippen molar-refractivity contribution < 1.29 is 8.42 Å². The maximum absolute atomic E-state index is 11.8. The molecule has 9 heteroatoms. The first-order chi connectivity index (χ1) is 11.9. The van der Waals surface area contributed by atoms with Crippen LogP contribution in [0, 0.1) is 0 Å². The largest absolute Gasteiger partial charge is 0.214 e. The van der Waals surface area contributed by atoms with E-state index in [-0.39, 0.29) is 5.75 Å². The smallest absolute Gasteiger partial charge is 0.212 e. The summed E-state index contributed by atoms with van der Waals surface area (Å²) in [5.41, 5.74) is 2.22. The normalized spacial score (nSPS) is 12.0. The number of aromatic nitrogens is 4. The van der Waals surface area contributed by atoms with Gasteiger partial charge in [-0.2, -0.15) is 4.68 Å². The zero-order valence-electron chi connectivity index (χ0n) is 14.9. The maximum Gasteiger partial charge on any atom is 0.214 e. The lowest BCUT2D eigenvalue weighted by molar-refractivity contribution is 0.520. The molecule has 138 valence electrons. The van der Waals surface area contributed by atoms with Crippen molar-refractivity contribution in [2.24, 2.45) is 0 Å². The van der Waals surface area contributed by atoms with Crippen LogP contribution in [0.3, 0.4) is 0 Å². The number of nitrogens with zero attached hydrogens (tertiary/aromatic N) is 5. The van der Waals surface area contributed by atoms with E-state index in [1.165, 1.54) is 34.5 Å². The van der Waals surface area contributed by atoms with Gasteiger partial charge in [-0.05, 0) is 47.4 Å². The van der Waals surface area contributed by atoms with Gasteiger partial charge in [0.2, 0.25) is 15.2 Å². The number of rotatable bonds is 10. The van der Waals surface area contributed by atoms with E-state index in [4.69, 9.17) is 0 Å². The SMILES string of the molecule is CCCCc1ccc(-n2nnnc2SCCCS(=O)(=O)N(C)C)cc1. The number of sulfonamides is 1. The molecule has 0 saturated heterocycles. The van der Waals surface area contributed by atoms with Crippen LogP contribution in [0.2, 0.25) is 0 Å². The first kappa shape index (κ1) is 19.9. The minimum Gasteiger partial charge on any atom is -0.212 e. The Labute approximate surface area is 153 Å². The molecule has 0 fully saturated rings. The second-order valence-corrected chi connectivity index (χ2v) is 9.31. The fourth-order valence-corrected chi connectivity index (χ4v) is 4.09.